The maximum absolute atomic E-state index is 5.10. The summed E-state index contributed by atoms with van der Waals surface area (Å²) in [6.45, 7) is 5.64. The van der Waals surface area contributed by atoms with Gasteiger partial charge >= 0.3 is 0 Å². The van der Waals surface area contributed by atoms with Crippen LogP contribution in [-0.2, 0) is 17.7 Å². The van der Waals surface area contributed by atoms with Crippen molar-refractivity contribution in [1.29, 1.82) is 0 Å². The van der Waals surface area contributed by atoms with Crippen LogP contribution in [0.3, 0.4) is 0 Å². The van der Waals surface area contributed by atoms with Gasteiger partial charge in [-0.2, -0.15) is 0 Å². The highest BCUT2D eigenvalue weighted by Gasteiger charge is 2.23. The second-order valence-corrected chi connectivity index (χ2v) is 8.07. The minimum absolute atomic E-state index is 0.419. The Bertz CT molecular complexity index is 978. The van der Waals surface area contributed by atoms with E-state index < -0.39 is 0 Å². The second-order valence-electron chi connectivity index (χ2n) is 8.07. The Morgan fingerprint density at radius 2 is 2.00 bits per heavy atom. The van der Waals surface area contributed by atoms with E-state index in [2.05, 4.69) is 37.3 Å². The van der Waals surface area contributed by atoms with Crippen molar-refractivity contribution in [2.45, 2.75) is 38.6 Å². The molecule has 1 aliphatic rings. The number of hydrogen-bond donors (Lipinski definition) is 1. The van der Waals surface area contributed by atoms with Crippen molar-refractivity contribution >= 4 is 11.6 Å². The first-order valence-corrected chi connectivity index (χ1v) is 10.9. The molecule has 3 aromatic heterocycles. The third-order valence-corrected chi connectivity index (χ3v) is 5.65. The summed E-state index contributed by atoms with van der Waals surface area (Å²) >= 11 is 0. The normalized spacial score (nSPS) is 16.9. The van der Waals surface area contributed by atoms with Crippen LogP contribution in [0.4, 0.5) is 11.6 Å². The fourth-order valence-corrected chi connectivity index (χ4v) is 3.97. The van der Waals surface area contributed by atoms with Gasteiger partial charge in [-0.25, -0.2) is 19.9 Å². The number of hydrogen-bond acceptors (Lipinski definition) is 7. The third kappa shape index (κ3) is 5.83. The summed E-state index contributed by atoms with van der Waals surface area (Å²) in [5, 5.41) is 3.36. The summed E-state index contributed by atoms with van der Waals surface area (Å²) in [7, 11) is 1.70. The molecule has 4 rings (SSSR count). The van der Waals surface area contributed by atoms with Crippen LogP contribution in [0, 0.1) is 6.92 Å². The maximum Gasteiger partial charge on any atom is 0.134 e. The van der Waals surface area contributed by atoms with Gasteiger partial charge in [-0.05, 0) is 50.1 Å². The van der Waals surface area contributed by atoms with Crippen LogP contribution in [0.2, 0.25) is 0 Å². The summed E-state index contributed by atoms with van der Waals surface area (Å²) in [5.74, 6) is 2.95. The van der Waals surface area contributed by atoms with Crippen molar-refractivity contribution in [3.8, 4) is 0 Å². The predicted molar refractivity (Wildman–Crippen MR) is 121 cm³/mol. The Balaban J connectivity index is 1.39. The first-order valence-electron chi connectivity index (χ1n) is 10.9. The Labute approximate surface area is 183 Å². The van der Waals surface area contributed by atoms with Gasteiger partial charge in [0.2, 0.25) is 0 Å². The number of pyridine rings is 2. The second kappa shape index (κ2) is 10.4. The number of nitrogens with one attached hydrogen (secondary N) is 1. The Hall–Kier alpha value is -2.90. The zero-order valence-corrected chi connectivity index (χ0v) is 18.3. The number of anilines is 2. The molecule has 1 atom stereocenters. The average molecular weight is 419 g/mol. The Kier molecular flexibility index (Phi) is 7.17. The molecule has 0 aromatic carbocycles. The molecule has 1 saturated heterocycles. The lowest BCUT2D eigenvalue weighted by Gasteiger charge is -2.32. The van der Waals surface area contributed by atoms with Crippen molar-refractivity contribution in [2.24, 2.45) is 0 Å². The molecule has 3 aromatic rings. The van der Waals surface area contributed by atoms with Crippen molar-refractivity contribution in [2.75, 3.05) is 32.1 Å². The van der Waals surface area contributed by atoms with Crippen LogP contribution in [0.15, 0.2) is 48.9 Å². The molecule has 0 aliphatic carbocycles. The molecule has 0 spiro atoms. The number of aryl methyl sites for hydroxylation is 1. The van der Waals surface area contributed by atoms with Crippen LogP contribution < -0.4 is 5.32 Å². The molecule has 0 saturated carbocycles. The molecule has 31 heavy (non-hydrogen) atoms. The lowest BCUT2D eigenvalue weighted by Crippen LogP contribution is -2.34. The summed E-state index contributed by atoms with van der Waals surface area (Å²) in [5.41, 5.74) is 3.39. The minimum Gasteiger partial charge on any atom is -0.384 e. The van der Waals surface area contributed by atoms with E-state index in [1.807, 2.05) is 37.5 Å². The molecule has 4 heterocycles. The molecule has 7 heteroatoms. The first kappa shape index (κ1) is 21.3. The molecular weight excluding hydrogens is 388 g/mol. The highest BCUT2D eigenvalue weighted by molar-refractivity contribution is 5.55. The summed E-state index contributed by atoms with van der Waals surface area (Å²) in [6.07, 6.45) is 8.75. The highest BCUT2D eigenvalue weighted by Crippen LogP contribution is 2.28. The molecule has 1 N–H and O–H groups in total. The predicted octanol–water partition coefficient (Wildman–Crippen LogP) is 3.89. The van der Waals surface area contributed by atoms with Gasteiger partial charge in [-0.15, -0.1) is 0 Å². The fourth-order valence-electron chi connectivity index (χ4n) is 3.97. The molecule has 162 valence electrons. The summed E-state index contributed by atoms with van der Waals surface area (Å²) < 4.78 is 5.10. The van der Waals surface area contributed by atoms with Crippen LogP contribution in [0.5, 0.6) is 0 Å². The largest absolute Gasteiger partial charge is 0.384 e. The number of methoxy groups -OCH3 is 1. The monoisotopic (exact) mass is 418 g/mol. The van der Waals surface area contributed by atoms with E-state index in [0.717, 1.165) is 73.2 Å². The van der Waals surface area contributed by atoms with Gasteiger partial charge in [0, 0.05) is 62.4 Å². The lowest BCUT2D eigenvalue weighted by atomic mass is 9.94. The standard InChI is InChI=1S/C24H30N6O/c1-18-6-4-11-25-24(18)29-23-9-3-8-21(28-23)20-7-5-12-30(17-20)16-19-14-26-22(27-15-19)10-13-31-2/h3-4,6,8-9,11,14-15,20H,5,7,10,12-13,16-17H2,1-2H3,(H,25,28,29)/t20-/m0/s1. The molecule has 7 nitrogen and oxygen atoms in total. The summed E-state index contributed by atoms with van der Waals surface area (Å²) in [6, 6.07) is 10.2. The molecule has 0 amide bonds. The summed E-state index contributed by atoms with van der Waals surface area (Å²) in [4.78, 5) is 20.7. The van der Waals surface area contributed by atoms with Crippen molar-refractivity contribution in [3.05, 3.63) is 71.6 Å². The number of ether oxygens (including phenoxy) is 1. The third-order valence-electron chi connectivity index (χ3n) is 5.65. The van der Waals surface area contributed by atoms with E-state index in [4.69, 9.17) is 9.72 Å². The van der Waals surface area contributed by atoms with Gasteiger partial charge in [0.15, 0.2) is 0 Å². The van der Waals surface area contributed by atoms with Gasteiger partial charge in [-0.3, -0.25) is 4.90 Å². The zero-order chi connectivity index (χ0) is 21.5. The van der Waals surface area contributed by atoms with E-state index >= 15 is 0 Å². The SMILES string of the molecule is COCCc1ncc(CN2CCC[C@H](c3cccc(Nc4ncccc4C)n3)C2)cn1. The topological polar surface area (TPSA) is 76.1 Å². The van der Waals surface area contributed by atoms with Crippen molar-refractivity contribution in [1.82, 2.24) is 24.8 Å². The van der Waals surface area contributed by atoms with E-state index in [-0.39, 0.29) is 0 Å². The Morgan fingerprint density at radius 3 is 2.81 bits per heavy atom. The number of nitrogens with zero attached hydrogens (tertiary/aromatic N) is 5. The Morgan fingerprint density at radius 1 is 1.13 bits per heavy atom. The molecule has 0 unspecified atom stereocenters. The zero-order valence-electron chi connectivity index (χ0n) is 18.3. The lowest BCUT2D eigenvalue weighted by molar-refractivity contribution is 0.197. The van der Waals surface area contributed by atoms with Crippen molar-refractivity contribution in [3.63, 3.8) is 0 Å². The highest BCUT2D eigenvalue weighted by atomic mass is 16.5. The van der Waals surface area contributed by atoms with Crippen LogP contribution >= 0.6 is 0 Å². The quantitative estimate of drug-likeness (QED) is 0.595. The van der Waals surface area contributed by atoms with Gasteiger partial charge in [0.1, 0.15) is 17.5 Å². The molecule has 1 aliphatic heterocycles. The maximum atomic E-state index is 5.10. The average Bonchev–Trinajstić information content (AvgIpc) is 2.81. The number of rotatable bonds is 8. The van der Waals surface area contributed by atoms with E-state index in [9.17, 15) is 0 Å². The molecule has 1 fully saturated rings. The number of piperidine rings is 1. The van der Waals surface area contributed by atoms with E-state index in [0.29, 0.717) is 12.5 Å². The fraction of sp³-hybridized carbons (Fsp3) is 0.417. The van der Waals surface area contributed by atoms with Gasteiger partial charge in [0.25, 0.3) is 0 Å². The molecule has 0 radical (unpaired) electrons. The number of likely N-dealkylation sites (tertiary alicyclic amines) is 1. The van der Waals surface area contributed by atoms with E-state index in [1.54, 1.807) is 13.3 Å². The number of aromatic nitrogens is 4. The molecular formula is C24H30N6O. The van der Waals surface area contributed by atoms with Gasteiger partial charge < -0.3 is 10.1 Å². The first-order chi connectivity index (χ1) is 15.2. The van der Waals surface area contributed by atoms with Crippen molar-refractivity contribution < 1.29 is 4.74 Å². The van der Waals surface area contributed by atoms with E-state index in [1.165, 1.54) is 0 Å². The van der Waals surface area contributed by atoms with Crippen LogP contribution in [0.25, 0.3) is 0 Å². The van der Waals surface area contributed by atoms with Gasteiger partial charge in [-0.1, -0.05) is 12.1 Å². The smallest absolute Gasteiger partial charge is 0.134 e. The van der Waals surface area contributed by atoms with Crippen LogP contribution in [0.1, 0.15) is 41.4 Å². The minimum atomic E-state index is 0.419. The van der Waals surface area contributed by atoms with Gasteiger partial charge in [0.05, 0.1) is 6.61 Å². The van der Waals surface area contributed by atoms with Crippen LogP contribution in [-0.4, -0.2) is 51.6 Å². The molecule has 0 bridgehead atoms.